The van der Waals surface area contributed by atoms with E-state index in [1.165, 1.54) is 6.07 Å². The molecule has 2 rings (SSSR count). The Morgan fingerprint density at radius 1 is 1.50 bits per heavy atom. The summed E-state index contributed by atoms with van der Waals surface area (Å²) in [5.41, 5.74) is 1.10. The molecule has 1 heterocycles. The number of hydrogen-bond acceptors (Lipinski definition) is 4. The summed E-state index contributed by atoms with van der Waals surface area (Å²) < 4.78 is 0. The predicted octanol–water partition coefficient (Wildman–Crippen LogP) is 1.80. The Morgan fingerprint density at radius 3 is 3.06 bits per heavy atom. The summed E-state index contributed by atoms with van der Waals surface area (Å²) >= 11 is 0. The summed E-state index contributed by atoms with van der Waals surface area (Å²) in [4.78, 5) is 12.6. The monoisotopic (exact) mass is 250 g/mol. The lowest BCUT2D eigenvalue weighted by Gasteiger charge is -2.31. The third-order valence-corrected chi connectivity index (χ3v) is 3.39. The number of benzene rings is 1. The minimum Gasteiger partial charge on any atom is -0.396 e. The van der Waals surface area contributed by atoms with E-state index in [9.17, 15) is 15.2 Å². The molecular formula is C13H18N2O3. The summed E-state index contributed by atoms with van der Waals surface area (Å²) in [6.45, 7) is 2.82. The molecule has 0 saturated carbocycles. The van der Waals surface area contributed by atoms with Crippen molar-refractivity contribution in [2.75, 3.05) is 19.7 Å². The Balaban J connectivity index is 2.00. The molecule has 1 unspecified atom stereocenters. The van der Waals surface area contributed by atoms with Crippen LogP contribution in [0.4, 0.5) is 5.69 Å². The maximum atomic E-state index is 10.7. The first-order valence-electron chi connectivity index (χ1n) is 6.25. The van der Waals surface area contributed by atoms with Gasteiger partial charge in [0.25, 0.3) is 5.69 Å². The third kappa shape index (κ3) is 3.27. The summed E-state index contributed by atoms with van der Waals surface area (Å²) in [6.07, 6.45) is 2.15. The van der Waals surface area contributed by atoms with E-state index in [0.717, 1.165) is 38.0 Å². The van der Waals surface area contributed by atoms with Crippen LogP contribution >= 0.6 is 0 Å². The largest absolute Gasteiger partial charge is 0.396 e. The standard InChI is InChI=1S/C13H18N2O3/c16-10-12-4-2-6-14(9-12)8-11-3-1-5-13(7-11)15(17)18/h1,3,5,7,12,16H,2,4,6,8-10H2. The number of hydrogen-bond donors (Lipinski definition) is 1. The Morgan fingerprint density at radius 2 is 2.33 bits per heavy atom. The van der Waals surface area contributed by atoms with Gasteiger partial charge in [-0.1, -0.05) is 12.1 Å². The minimum atomic E-state index is -0.365. The van der Waals surface area contributed by atoms with Crippen LogP contribution in [0, 0.1) is 16.0 Å². The summed E-state index contributed by atoms with van der Waals surface area (Å²) in [7, 11) is 0. The molecule has 0 aromatic heterocycles. The van der Waals surface area contributed by atoms with E-state index < -0.39 is 0 Å². The second-order valence-corrected chi connectivity index (χ2v) is 4.85. The second kappa shape index (κ2) is 5.93. The molecule has 0 radical (unpaired) electrons. The van der Waals surface area contributed by atoms with Crippen molar-refractivity contribution in [1.82, 2.24) is 4.90 Å². The summed E-state index contributed by atoms with van der Waals surface area (Å²) in [6, 6.07) is 6.77. The molecule has 1 saturated heterocycles. The van der Waals surface area contributed by atoms with Gasteiger partial charge in [0.15, 0.2) is 0 Å². The number of aliphatic hydroxyl groups excluding tert-OH is 1. The maximum absolute atomic E-state index is 10.7. The van der Waals surface area contributed by atoms with Crippen molar-refractivity contribution in [3.63, 3.8) is 0 Å². The average Bonchev–Trinajstić information content (AvgIpc) is 2.39. The van der Waals surface area contributed by atoms with E-state index in [-0.39, 0.29) is 17.2 Å². The van der Waals surface area contributed by atoms with Crippen LogP contribution in [-0.2, 0) is 6.54 Å². The van der Waals surface area contributed by atoms with Crippen molar-refractivity contribution in [1.29, 1.82) is 0 Å². The van der Waals surface area contributed by atoms with Crippen LogP contribution in [0.2, 0.25) is 0 Å². The van der Waals surface area contributed by atoms with Gasteiger partial charge in [-0.15, -0.1) is 0 Å². The zero-order valence-electron chi connectivity index (χ0n) is 10.3. The van der Waals surface area contributed by atoms with Gasteiger partial charge in [-0.25, -0.2) is 0 Å². The number of nitrogens with zero attached hydrogens (tertiary/aromatic N) is 2. The second-order valence-electron chi connectivity index (χ2n) is 4.85. The van der Waals surface area contributed by atoms with Crippen LogP contribution in [0.1, 0.15) is 18.4 Å². The van der Waals surface area contributed by atoms with Crippen LogP contribution in [0.25, 0.3) is 0 Å². The molecule has 1 atom stereocenters. The quantitative estimate of drug-likeness (QED) is 0.653. The van der Waals surface area contributed by atoms with Crippen LogP contribution in [-0.4, -0.2) is 34.6 Å². The smallest absolute Gasteiger partial charge is 0.269 e. The number of piperidine rings is 1. The van der Waals surface area contributed by atoms with Crippen molar-refractivity contribution in [2.24, 2.45) is 5.92 Å². The van der Waals surface area contributed by atoms with E-state index in [2.05, 4.69) is 4.90 Å². The van der Waals surface area contributed by atoms with Crippen LogP contribution < -0.4 is 0 Å². The van der Waals surface area contributed by atoms with Gasteiger partial charge >= 0.3 is 0 Å². The number of nitro groups is 1. The van der Waals surface area contributed by atoms with Crippen LogP contribution in [0.5, 0.6) is 0 Å². The molecule has 1 aliphatic rings. The Labute approximate surface area is 106 Å². The highest BCUT2D eigenvalue weighted by atomic mass is 16.6. The van der Waals surface area contributed by atoms with Gasteiger partial charge in [0.05, 0.1) is 4.92 Å². The highest BCUT2D eigenvalue weighted by Gasteiger charge is 2.19. The van der Waals surface area contributed by atoms with Crippen molar-refractivity contribution >= 4 is 5.69 Å². The molecule has 18 heavy (non-hydrogen) atoms. The molecule has 0 amide bonds. The maximum Gasteiger partial charge on any atom is 0.269 e. The molecule has 1 aromatic rings. The van der Waals surface area contributed by atoms with Gasteiger partial charge in [0.1, 0.15) is 0 Å². The van der Waals surface area contributed by atoms with Gasteiger partial charge in [-0.2, -0.15) is 0 Å². The van der Waals surface area contributed by atoms with E-state index >= 15 is 0 Å². The van der Waals surface area contributed by atoms with Gasteiger partial charge in [-0.3, -0.25) is 15.0 Å². The molecular weight excluding hydrogens is 232 g/mol. The fourth-order valence-electron chi connectivity index (χ4n) is 2.47. The minimum absolute atomic E-state index is 0.142. The van der Waals surface area contributed by atoms with Crippen molar-refractivity contribution in [3.05, 3.63) is 39.9 Å². The third-order valence-electron chi connectivity index (χ3n) is 3.39. The molecule has 1 aromatic carbocycles. The lowest BCUT2D eigenvalue weighted by Crippen LogP contribution is -2.36. The molecule has 1 fully saturated rings. The van der Waals surface area contributed by atoms with E-state index in [4.69, 9.17) is 0 Å². The SMILES string of the molecule is O=[N+]([O-])c1cccc(CN2CCCC(CO)C2)c1. The molecule has 0 bridgehead atoms. The Kier molecular flexibility index (Phi) is 4.28. The normalized spacial score (nSPS) is 20.8. The van der Waals surface area contributed by atoms with E-state index in [0.29, 0.717) is 5.92 Å². The highest BCUT2D eigenvalue weighted by molar-refractivity contribution is 5.34. The van der Waals surface area contributed by atoms with E-state index in [1.54, 1.807) is 12.1 Å². The van der Waals surface area contributed by atoms with E-state index in [1.807, 2.05) is 6.07 Å². The highest BCUT2D eigenvalue weighted by Crippen LogP contribution is 2.20. The zero-order chi connectivity index (χ0) is 13.0. The number of aliphatic hydroxyl groups is 1. The first kappa shape index (κ1) is 13.0. The van der Waals surface area contributed by atoms with Crippen molar-refractivity contribution < 1.29 is 10.0 Å². The van der Waals surface area contributed by atoms with Crippen molar-refractivity contribution in [2.45, 2.75) is 19.4 Å². The fourth-order valence-corrected chi connectivity index (χ4v) is 2.47. The molecule has 98 valence electrons. The Hall–Kier alpha value is -1.46. The molecule has 5 heteroatoms. The number of non-ortho nitro benzene ring substituents is 1. The first-order valence-corrected chi connectivity index (χ1v) is 6.25. The van der Waals surface area contributed by atoms with Gasteiger partial charge in [0.2, 0.25) is 0 Å². The summed E-state index contributed by atoms with van der Waals surface area (Å²) in [5, 5.41) is 19.9. The lowest BCUT2D eigenvalue weighted by molar-refractivity contribution is -0.384. The van der Waals surface area contributed by atoms with Crippen LogP contribution in [0.15, 0.2) is 24.3 Å². The molecule has 1 aliphatic heterocycles. The zero-order valence-corrected chi connectivity index (χ0v) is 10.3. The average molecular weight is 250 g/mol. The van der Waals surface area contributed by atoms with Crippen molar-refractivity contribution in [3.8, 4) is 0 Å². The fraction of sp³-hybridized carbons (Fsp3) is 0.538. The summed E-state index contributed by atoms with van der Waals surface area (Å²) in [5.74, 6) is 0.345. The number of likely N-dealkylation sites (tertiary alicyclic amines) is 1. The first-order chi connectivity index (χ1) is 8.69. The predicted molar refractivity (Wildman–Crippen MR) is 68.2 cm³/mol. The van der Waals surface area contributed by atoms with Gasteiger partial charge in [0, 0.05) is 31.8 Å². The van der Waals surface area contributed by atoms with Gasteiger partial charge in [-0.05, 0) is 30.9 Å². The molecule has 1 N–H and O–H groups in total. The molecule has 0 spiro atoms. The Bertz CT molecular complexity index is 422. The topological polar surface area (TPSA) is 66.6 Å². The number of nitro benzene ring substituents is 1. The number of rotatable bonds is 4. The molecule has 0 aliphatic carbocycles. The van der Waals surface area contributed by atoms with Crippen LogP contribution in [0.3, 0.4) is 0 Å². The van der Waals surface area contributed by atoms with Gasteiger partial charge < -0.3 is 5.11 Å². The lowest BCUT2D eigenvalue weighted by atomic mass is 9.98. The molecule has 5 nitrogen and oxygen atoms in total.